The maximum Gasteiger partial charge on any atom is 0.222 e. The summed E-state index contributed by atoms with van der Waals surface area (Å²) in [5.74, 6) is 0.829. The van der Waals surface area contributed by atoms with E-state index in [-0.39, 0.29) is 5.91 Å². The van der Waals surface area contributed by atoms with Crippen molar-refractivity contribution >= 4 is 11.7 Å². The third-order valence-electron chi connectivity index (χ3n) is 3.92. The van der Waals surface area contributed by atoms with Crippen LogP contribution in [0.2, 0.25) is 0 Å². The third-order valence-corrected chi connectivity index (χ3v) is 3.92. The van der Waals surface area contributed by atoms with Gasteiger partial charge >= 0.3 is 0 Å². The normalized spacial score (nSPS) is 13.9. The van der Waals surface area contributed by atoms with E-state index in [9.17, 15) is 4.79 Å². The molecule has 5 heteroatoms. The molecule has 1 fully saturated rings. The fraction of sp³-hybridized carbons (Fsp3) is 0.278. The van der Waals surface area contributed by atoms with E-state index in [0.29, 0.717) is 30.9 Å². The maximum absolute atomic E-state index is 11.7. The summed E-state index contributed by atoms with van der Waals surface area (Å²) in [5.41, 5.74) is 2.76. The molecule has 1 aromatic heterocycles. The first kappa shape index (κ1) is 15.0. The van der Waals surface area contributed by atoms with Gasteiger partial charge in [-0.25, -0.2) is 4.98 Å². The van der Waals surface area contributed by atoms with Crippen LogP contribution in [0.5, 0.6) is 0 Å². The Kier molecular flexibility index (Phi) is 4.53. The number of nitrogens with zero attached hydrogens (tertiary/aromatic N) is 3. The third kappa shape index (κ3) is 3.67. The SMILES string of the molecule is N#Cc1cccnc1NCc1cccc(CN2CCCC2=O)c1. The summed E-state index contributed by atoms with van der Waals surface area (Å²) in [6, 6.07) is 13.8. The second kappa shape index (κ2) is 6.93. The Morgan fingerprint density at radius 1 is 1.26 bits per heavy atom. The number of pyridine rings is 1. The molecule has 1 aromatic carbocycles. The van der Waals surface area contributed by atoms with Crippen molar-refractivity contribution in [1.82, 2.24) is 9.88 Å². The van der Waals surface area contributed by atoms with Crippen LogP contribution >= 0.6 is 0 Å². The maximum atomic E-state index is 11.7. The van der Waals surface area contributed by atoms with Crippen LogP contribution in [0.15, 0.2) is 42.6 Å². The molecule has 23 heavy (non-hydrogen) atoms. The molecule has 3 rings (SSSR count). The molecule has 1 aliphatic rings. The molecular formula is C18H18N4O. The molecule has 1 amide bonds. The minimum atomic E-state index is 0.237. The lowest BCUT2D eigenvalue weighted by Crippen LogP contribution is -2.23. The minimum absolute atomic E-state index is 0.237. The van der Waals surface area contributed by atoms with E-state index in [1.807, 2.05) is 23.1 Å². The quantitative estimate of drug-likeness (QED) is 0.922. The molecule has 2 heterocycles. The lowest BCUT2D eigenvalue weighted by molar-refractivity contribution is -0.128. The number of aromatic nitrogens is 1. The number of rotatable bonds is 5. The van der Waals surface area contributed by atoms with Gasteiger partial charge < -0.3 is 10.2 Å². The molecule has 0 atom stereocenters. The summed E-state index contributed by atoms with van der Waals surface area (Å²) in [4.78, 5) is 17.8. The first-order valence-electron chi connectivity index (χ1n) is 7.71. The van der Waals surface area contributed by atoms with E-state index in [2.05, 4.69) is 22.4 Å². The second-order valence-corrected chi connectivity index (χ2v) is 5.60. The average Bonchev–Trinajstić information content (AvgIpc) is 2.98. The lowest BCUT2D eigenvalue weighted by Gasteiger charge is -2.16. The largest absolute Gasteiger partial charge is 0.365 e. The summed E-state index contributed by atoms with van der Waals surface area (Å²) in [7, 11) is 0. The highest BCUT2D eigenvalue weighted by molar-refractivity contribution is 5.78. The number of hydrogen-bond donors (Lipinski definition) is 1. The molecule has 0 bridgehead atoms. The Hall–Kier alpha value is -2.87. The van der Waals surface area contributed by atoms with Crippen LogP contribution in [0.4, 0.5) is 5.82 Å². The number of hydrogen-bond acceptors (Lipinski definition) is 4. The molecule has 1 N–H and O–H groups in total. The van der Waals surface area contributed by atoms with Gasteiger partial charge in [0.15, 0.2) is 0 Å². The van der Waals surface area contributed by atoms with Crippen LogP contribution in [0.25, 0.3) is 0 Å². The molecule has 0 radical (unpaired) electrons. The zero-order chi connectivity index (χ0) is 16.1. The van der Waals surface area contributed by atoms with E-state index in [1.165, 1.54) is 0 Å². The zero-order valence-electron chi connectivity index (χ0n) is 12.8. The highest BCUT2D eigenvalue weighted by Crippen LogP contribution is 2.16. The number of nitrogens with one attached hydrogen (secondary N) is 1. The van der Waals surface area contributed by atoms with Gasteiger partial charge in [-0.2, -0.15) is 5.26 Å². The average molecular weight is 306 g/mol. The van der Waals surface area contributed by atoms with E-state index < -0.39 is 0 Å². The number of amides is 1. The van der Waals surface area contributed by atoms with Crippen molar-refractivity contribution in [2.45, 2.75) is 25.9 Å². The molecule has 1 aliphatic heterocycles. The molecule has 2 aromatic rings. The minimum Gasteiger partial charge on any atom is -0.365 e. The predicted molar refractivity (Wildman–Crippen MR) is 87.4 cm³/mol. The van der Waals surface area contributed by atoms with E-state index >= 15 is 0 Å². The van der Waals surface area contributed by atoms with Gasteiger partial charge in [0, 0.05) is 32.3 Å². The summed E-state index contributed by atoms with van der Waals surface area (Å²) < 4.78 is 0. The Balaban J connectivity index is 1.66. The Morgan fingerprint density at radius 3 is 2.91 bits per heavy atom. The summed E-state index contributed by atoms with van der Waals surface area (Å²) in [6.07, 6.45) is 3.28. The Morgan fingerprint density at radius 2 is 2.13 bits per heavy atom. The van der Waals surface area contributed by atoms with Crippen molar-refractivity contribution in [1.29, 1.82) is 5.26 Å². The fourth-order valence-corrected chi connectivity index (χ4v) is 2.75. The van der Waals surface area contributed by atoms with Crippen molar-refractivity contribution in [3.63, 3.8) is 0 Å². The predicted octanol–water partition coefficient (Wildman–Crippen LogP) is 2.69. The topological polar surface area (TPSA) is 69.0 Å². The van der Waals surface area contributed by atoms with Crippen LogP contribution in [0.3, 0.4) is 0 Å². The van der Waals surface area contributed by atoms with Crippen LogP contribution in [-0.2, 0) is 17.9 Å². The number of benzene rings is 1. The van der Waals surface area contributed by atoms with E-state index in [0.717, 1.165) is 24.1 Å². The van der Waals surface area contributed by atoms with Gasteiger partial charge in [-0.3, -0.25) is 4.79 Å². The molecule has 116 valence electrons. The van der Waals surface area contributed by atoms with Gasteiger partial charge in [-0.1, -0.05) is 24.3 Å². The number of nitriles is 1. The van der Waals surface area contributed by atoms with Crippen molar-refractivity contribution in [3.8, 4) is 6.07 Å². The number of carbonyl (C=O) groups excluding carboxylic acids is 1. The zero-order valence-corrected chi connectivity index (χ0v) is 12.8. The summed E-state index contributed by atoms with van der Waals surface area (Å²) in [6.45, 7) is 2.11. The molecular weight excluding hydrogens is 288 g/mol. The standard InChI is InChI=1S/C18H18N4O/c19-11-16-6-2-8-20-18(16)21-12-14-4-1-5-15(10-14)13-22-9-3-7-17(22)23/h1-2,4-6,8,10H,3,7,9,12-13H2,(H,20,21). The van der Waals surface area contributed by atoms with Gasteiger partial charge in [0.05, 0.1) is 5.56 Å². The van der Waals surface area contributed by atoms with Crippen LogP contribution in [0.1, 0.15) is 29.5 Å². The fourth-order valence-electron chi connectivity index (χ4n) is 2.75. The van der Waals surface area contributed by atoms with Crippen molar-refractivity contribution in [2.75, 3.05) is 11.9 Å². The lowest BCUT2D eigenvalue weighted by atomic mass is 10.1. The number of carbonyl (C=O) groups is 1. The highest BCUT2D eigenvalue weighted by atomic mass is 16.2. The number of likely N-dealkylation sites (tertiary alicyclic amines) is 1. The van der Waals surface area contributed by atoms with Crippen LogP contribution in [-0.4, -0.2) is 22.3 Å². The van der Waals surface area contributed by atoms with Gasteiger partial charge in [0.2, 0.25) is 5.91 Å². The molecule has 0 saturated carbocycles. The van der Waals surface area contributed by atoms with Crippen LogP contribution < -0.4 is 5.32 Å². The number of anilines is 1. The van der Waals surface area contributed by atoms with E-state index in [4.69, 9.17) is 5.26 Å². The summed E-state index contributed by atoms with van der Waals surface area (Å²) >= 11 is 0. The highest BCUT2D eigenvalue weighted by Gasteiger charge is 2.19. The monoisotopic (exact) mass is 306 g/mol. The van der Waals surface area contributed by atoms with Gasteiger partial charge in [0.25, 0.3) is 0 Å². The molecule has 1 saturated heterocycles. The Labute approximate surface area is 135 Å². The smallest absolute Gasteiger partial charge is 0.222 e. The molecule has 0 unspecified atom stereocenters. The van der Waals surface area contributed by atoms with Crippen molar-refractivity contribution in [2.24, 2.45) is 0 Å². The van der Waals surface area contributed by atoms with Crippen molar-refractivity contribution < 1.29 is 4.79 Å². The van der Waals surface area contributed by atoms with Gasteiger partial charge in [-0.05, 0) is 29.7 Å². The molecule has 5 nitrogen and oxygen atoms in total. The molecule has 0 spiro atoms. The first-order valence-corrected chi connectivity index (χ1v) is 7.71. The summed E-state index contributed by atoms with van der Waals surface area (Å²) in [5, 5.41) is 12.3. The van der Waals surface area contributed by atoms with E-state index in [1.54, 1.807) is 18.3 Å². The first-order chi connectivity index (χ1) is 11.3. The van der Waals surface area contributed by atoms with Crippen molar-refractivity contribution in [3.05, 3.63) is 59.3 Å². The van der Waals surface area contributed by atoms with Gasteiger partial charge in [0.1, 0.15) is 11.9 Å². The van der Waals surface area contributed by atoms with Gasteiger partial charge in [-0.15, -0.1) is 0 Å². The molecule has 0 aliphatic carbocycles. The second-order valence-electron chi connectivity index (χ2n) is 5.60. The Bertz CT molecular complexity index is 751. The van der Waals surface area contributed by atoms with Crippen LogP contribution in [0, 0.1) is 11.3 Å².